The van der Waals surface area contributed by atoms with E-state index in [1.54, 1.807) is 26.7 Å². The zero-order chi connectivity index (χ0) is 11.4. The highest BCUT2D eigenvalue weighted by Crippen LogP contribution is 2.25. The van der Waals surface area contributed by atoms with Crippen LogP contribution in [0.2, 0.25) is 0 Å². The lowest BCUT2D eigenvalue weighted by molar-refractivity contribution is 0.390. The Morgan fingerprint density at radius 2 is 2.12 bits per heavy atom. The zero-order valence-corrected chi connectivity index (χ0v) is 9.38. The van der Waals surface area contributed by atoms with Gasteiger partial charge in [0.25, 0.3) is 0 Å². The van der Waals surface area contributed by atoms with Gasteiger partial charge in [-0.25, -0.2) is 4.98 Å². The fourth-order valence-corrected chi connectivity index (χ4v) is 1.56. The zero-order valence-electron chi connectivity index (χ0n) is 9.38. The number of imidazole rings is 1. The van der Waals surface area contributed by atoms with E-state index in [1.165, 1.54) is 0 Å². The van der Waals surface area contributed by atoms with E-state index in [1.807, 2.05) is 29.0 Å². The van der Waals surface area contributed by atoms with Gasteiger partial charge in [0.15, 0.2) is 0 Å². The van der Waals surface area contributed by atoms with Crippen LogP contribution < -0.4 is 9.47 Å². The van der Waals surface area contributed by atoms with Crippen molar-refractivity contribution in [3.8, 4) is 11.5 Å². The molecule has 1 heterocycles. The number of hydrogen-bond donors (Lipinski definition) is 0. The summed E-state index contributed by atoms with van der Waals surface area (Å²) in [5.41, 5.74) is 1.10. The van der Waals surface area contributed by atoms with E-state index >= 15 is 0 Å². The molecule has 0 spiro atoms. The molecule has 0 saturated carbocycles. The molecule has 0 saturated heterocycles. The van der Waals surface area contributed by atoms with Crippen molar-refractivity contribution in [2.24, 2.45) is 0 Å². The maximum Gasteiger partial charge on any atom is 0.127 e. The summed E-state index contributed by atoms with van der Waals surface area (Å²) in [6.07, 6.45) is 5.46. The second kappa shape index (κ2) is 4.70. The highest BCUT2D eigenvalue weighted by Gasteiger charge is 2.05. The SMILES string of the molecule is COc1ccc(Cn2ccnc2)c(OC)c1. The van der Waals surface area contributed by atoms with Crippen LogP contribution >= 0.6 is 0 Å². The van der Waals surface area contributed by atoms with Gasteiger partial charge in [0.2, 0.25) is 0 Å². The summed E-state index contributed by atoms with van der Waals surface area (Å²) >= 11 is 0. The number of aromatic nitrogens is 2. The third-order valence-corrected chi connectivity index (χ3v) is 2.41. The molecule has 0 amide bonds. The molecule has 0 aliphatic heterocycles. The maximum atomic E-state index is 5.32. The standard InChI is InChI=1S/C12H14N2O2/c1-15-11-4-3-10(12(7-11)16-2)8-14-6-5-13-9-14/h3-7,9H,8H2,1-2H3. The molecule has 1 aromatic heterocycles. The van der Waals surface area contributed by atoms with E-state index in [0.717, 1.165) is 23.6 Å². The summed E-state index contributed by atoms with van der Waals surface area (Å²) in [5, 5.41) is 0. The Morgan fingerprint density at radius 1 is 1.25 bits per heavy atom. The summed E-state index contributed by atoms with van der Waals surface area (Å²) in [6, 6.07) is 5.80. The van der Waals surface area contributed by atoms with Crippen LogP contribution in [0.1, 0.15) is 5.56 Å². The lowest BCUT2D eigenvalue weighted by atomic mass is 10.2. The molecule has 0 aliphatic carbocycles. The van der Waals surface area contributed by atoms with E-state index < -0.39 is 0 Å². The van der Waals surface area contributed by atoms with Gasteiger partial charge >= 0.3 is 0 Å². The first-order chi connectivity index (χ1) is 7.83. The van der Waals surface area contributed by atoms with Crippen LogP contribution in [0, 0.1) is 0 Å². The molecule has 84 valence electrons. The first kappa shape index (κ1) is 10.5. The van der Waals surface area contributed by atoms with Crippen molar-refractivity contribution in [2.75, 3.05) is 14.2 Å². The van der Waals surface area contributed by atoms with E-state index in [2.05, 4.69) is 4.98 Å². The first-order valence-electron chi connectivity index (χ1n) is 5.00. The first-order valence-corrected chi connectivity index (χ1v) is 5.00. The number of benzene rings is 1. The fourth-order valence-electron chi connectivity index (χ4n) is 1.56. The molecule has 0 radical (unpaired) electrons. The minimum atomic E-state index is 0.743. The van der Waals surface area contributed by atoms with Gasteiger partial charge in [-0.05, 0) is 12.1 Å². The largest absolute Gasteiger partial charge is 0.497 e. The van der Waals surface area contributed by atoms with Gasteiger partial charge in [0.05, 0.1) is 27.1 Å². The molecule has 0 N–H and O–H groups in total. The molecule has 0 fully saturated rings. The van der Waals surface area contributed by atoms with Gasteiger partial charge in [-0.3, -0.25) is 0 Å². The van der Waals surface area contributed by atoms with Crippen LogP contribution in [-0.2, 0) is 6.54 Å². The molecule has 0 bridgehead atoms. The number of hydrogen-bond acceptors (Lipinski definition) is 3. The summed E-state index contributed by atoms with van der Waals surface area (Å²) in [5.74, 6) is 1.62. The second-order valence-corrected chi connectivity index (χ2v) is 3.41. The predicted molar refractivity (Wildman–Crippen MR) is 60.9 cm³/mol. The van der Waals surface area contributed by atoms with Crippen LogP contribution in [-0.4, -0.2) is 23.8 Å². The van der Waals surface area contributed by atoms with E-state index in [-0.39, 0.29) is 0 Å². The minimum Gasteiger partial charge on any atom is -0.497 e. The molecule has 1 aromatic carbocycles. The molecule has 16 heavy (non-hydrogen) atoms. The summed E-state index contributed by atoms with van der Waals surface area (Å²) in [7, 11) is 3.30. The highest BCUT2D eigenvalue weighted by molar-refractivity contribution is 5.40. The van der Waals surface area contributed by atoms with Crippen molar-refractivity contribution < 1.29 is 9.47 Å². The summed E-state index contributed by atoms with van der Waals surface area (Å²) < 4.78 is 12.5. The van der Waals surface area contributed by atoms with Gasteiger partial charge in [-0.1, -0.05) is 0 Å². The molecular formula is C12H14N2O2. The summed E-state index contributed by atoms with van der Waals surface area (Å²) in [6.45, 7) is 0.743. The highest BCUT2D eigenvalue weighted by atomic mass is 16.5. The lowest BCUT2D eigenvalue weighted by Gasteiger charge is -2.10. The van der Waals surface area contributed by atoms with Crippen molar-refractivity contribution in [3.05, 3.63) is 42.5 Å². The van der Waals surface area contributed by atoms with Crippen LogP contribution in [0.25, 0.3) is 0 Å². The summed E-state index contributed by atoms with van der Waals surface area (Å²) in [4.78, 5) is 4.01. The minimum absolute atomic E-state index is 0.743. The van der Waals surface area contributed by atoms with E-state index in [4.69, 9.17) is 9.47 Å². The lowest BCUT2D eigenvalue weighted by Crippen LogP contribution is -1.99. The third-order valence-electron chi connectivity index (χ3n) is 2.41. The van der Waals surface area contributed by atoms with Crippen LogP contribution in [0.5, 0.6) is 11.5 Å². The van der Waals surface area contributed by atoms with Crippen LogP contribution in [0.4, 0.5) is 0 Å². The molecule has 2 rings (SSSR count). The monoisotopic (exact) mass is 218 g/mol. The van der Waals surface area contributed by atoms with Gasteiger partial charge in [-0.2, -0.15) is 0 Å². The number of methoxy groups -OCH3 is 2. The van der Waals surface area contributed by atoms with Gasteiger partial charge in [0, 0.05) is 24.0 Å². The Hall–Kier alpha value is -1.97. The van der Waals surface area contributed by atoms with Gasteiger partial charge in [0.1, 0.15) is 11.5 Å². The van der Waals surface area contributed by atoms with Crippen LogP contribution in [0.15, 0.2) is 36.9 Å². The topological polar surface area (TPSA) is 36.3 Å². The quantitative estimate of drug-likeness (QED) is 0.787. The Labute approximate surface area is 94.4 Å². The number of ether oxygens (including phenoxy) is 2. The molecule has 0 unspecified atom stereocenters. The van der Waals surface area contributed by atoms with Gasteiger partial charge < -0.3 is 14.0 Å². The fraction of sp³-hybridized carbons (Fsp3) is 0.250. The van der Waals surface area contributed by atoms with Crippen molar-refractivity contribution >= 4 is 0 Å². The van der Waals surface area contributed by atoms with E-state index in [9.17, 15) is 0 Å². The third kappa shape index (κ3) is 2.16. The average molecular weight is 218 g/mol. The Balaban J connectivity index is 2.26. The normalized spacial score (nSPS) is 10.1. The molecule has 4 nitrogen and oxygen atoms in total. The van der Waals surface area contributed by atoms with Crippen molar-refractivity contribution in [2.45, 2.75) is 6.54 Å². The smallest absolute Gasteiger partial charge is 0.127 e. The maximum absolute atomic E-state index is 5.32. The molecule has 0 aliphatic rings. The average Bonchev–Trinajstić information content (AvgIpc) is 2.82. The second-order valence-electron chi connectivity index (χ2n) is 3.41. The number of nitrogens with zero attached hydrogens (tertiary/aromatic N) is 2. The van der Waals surface area contributed by atoms with E-state index in [0.29, 0.717) is 0 Å². The molecule has 2 aromatic rings. The Morgan fingerprint density at radius 3 is 2.75 bits per heavy atom. The van der Waals surface area contributed by atoms with Crippen LogP contribution in [0.3, 0.4) is 0 Å². The van der Waals surface area contributed by atoms with Crippen molar-refractivity contribution in [3.63, 3.8) is 0 Å². The Kier molecular flexibility index (Phi) is 3.10. The molecular weight excluding hydrogens is 204 g/mol. The van der Waals surface area contributed by atoms with Crippen molar-refractivity contribution in [1.82, 2.24) is 9.55 Å². The van der Waals surface area contributed by atoms with Gasteiger partial charge in [-0.15, -0.1) is 0 Å². The predicted octanol–water partition coefficient (Wildman–Crippen LogP) is 1.95. The molecule has 4 heteroatoms. The van der Waals surface area contributed by atoms with Crippen molar-refractivity contribution in [1.29, 1.82) is 0 Å². The number of rotatable bonds is 4. The molecule has 0 atom stereocenters. The Bertz CT molecular complexity index is 452.